The molecule has 0 bridgehead atoms. The average molecular weight is 402 g/mol. The van der Waals surface area contributed by atoms with Gasteiger partial charge in [-0.25, -0.2) is 0 Å². The van der Waals surface area contributed by atoms with E-state index in [4.69, 9.17) is 14.1 Å². The molecule has 0 radical (unpaired) electrons. The van der Waals surface area contributed by atoms with Crippen molar-refractivity contribution in [3.8, 4) is 0 Å². The van der Waals surface area contributed by atoms with Crippen molar-refractivity contribution in [1.29, 1.82) is 0 Å². The van der Waals surface area contributed by atoms with E-state index in [1.807, 2.05) is 23.9 Å². The molecule has 0 spiro atoms. The van der Waals surface area contributed by atoms with E-state index >= 15 is 0 Å². The highest BCUT2D eigenvalue weighted by Gasteiger charge is 2.25. The summed E-state index contributed by atoms with van der Waals surface area (Å²) in [6.07, 6.45) is 3.71. The summed E-state index contributed by atoms with van der Waals surface area (Å²) < 4.78 is 11.0. The van der Waals surface area contributed by atoms with E-state index in [0.29, 0.717) is 5.92 Å². The molecule has 0 saturated carbocycles. The molecule has 0 amide bonds. The predicted molar refractivity (Wildman–Crippen MR) is 116 cm³/mol. The van der Waals surface area contributed by atoms with Crippen LogP contribution in [-0.4, -0.2) is 56.0 Å². The summed E-state index contributed by atoms with van der Waals surface area (Å²) in [4.78, 5) is 8.54. The molecule has 6 heteroatoms. The van der Waals surface area contributed by atoms with Gasteiger partial charge in [0.15, 0.2) is 5.96 Å². The van der Waals surface area contributed by atoms with Crippen LogP contribution in [0.5, 0.6) is 0 Å². The first-order chi connectivity index (χ1) is 13.8. The van der Waals surface area contributed by atoms with Gasteiger partial charge in [-0.05, 0) is 37.6 Å². The third-order valence-corrected chi connectivity index (χ3v) is 5.75. The molecule has 1 aromatic heterocycles. The largest absolute Gasteiger partial charge is 0.469 e. The molecule has 2 aromatic rings. The number of furan rings is 1. The van der Waals surface area contributed by atoms with E-state index in [9.17, 15) is 0 Å². The maximum atomic E-state index is 5.62. The van der Waals surface area contributed by atoms with Crippen molar-refractivity contribution in [3.63, 3.8) is 0 Å². The SMILES string of the molecule is CCOCC1CCN(C(=NCCc2ccco2)NCCSc2ccccc2)C1. The summed E-state index contributed by atoms with van der Waals surface area (Å²) in [5, 5.41) is 3.57. The van der Waals surface area contributed by atoms with Gasteiger partial charge >= 0.3 is 0 Å². The van der Waals surface area contributed by atoms with Crippen LogP contribution < -0.4 is 5.32 Å². The zero-order valence-electron chi connectivity index (χ0n) is 16.7. The number of aliphatic imine (C=N–C) groups is 1. The van der Waals surface area contributed by atoms with Crippen LogP contribution in [0.25, 0.3) is 0 Å². The maximum Gasteiger partial charge on any atom is 0.193 e. The van der Waals surface area contributed by atoms with E-state index in [-0.39, 0.29) is 0 Å². The number of nitrogens with one attached hydrogen (secondary N) is 1. The zero-order valence-corrected chi connectivity index (χ0v) is 17.5. The van der Waals surface area contributed by atoms with Gasteiger partial charge in [0.25, 0.3) is 0 Å². The molecule has 1 aliphatic rings. The van der Waals surface area contributed by atoms with Crippen molar-refractivity contribution in [3.05, 3.63) is 54.5 Å². The van der Waals surface area contributed by atoms with Gasteiger partial charge in [0.2, 0.25) is 0 Å². The van der Waals surface area contributed by atoms with Crippen LogP contribution in [0.1, 0.15) is 19.1 Å². The standard InChI is InChI=1S/C22H31N3O2S/c1-2-26-18-19-11-14-25(17-19)22(23-12-10-20-7-6-15-27-20)24-13-16-28-21-8-4-3-5-9-21/h3-9,15,19H,2,10-14,16-18H2,1H3,(H,23,24). The monoisotopic (exact) mass is 401 g/mol. The molecule has 1 saturated heterocycles. The second kappa shape index (κ2) is 11.8. The molecule has 1 aromatic carbocycles. The van der Waals surface area contributed by atoms with Gasteiger partial charge in [0.1, 0.15) is 5.76 Å². The number of likely N-dealkylation sites (tertiary alicyclic amines) is 1. The lowest BCUT2D eigenvalue weighted by Crippen LogP contribution is -2.41. The van der Waals surface area contributed by atoms with Crippen LogP contribution in [0.4, 0.5) is 0 Å². The minimum absolute atomic E-state index is 0.593. The highest BCUT2D eigenvalue weighted by atomic mass is 32.2. The highest BCUT2D eigenvalue weighted by molar-refractivity contribution is 7.99. The molecule has 1 aliphatic heterocycles. The van der Waals surface area contributed by atoms with E-state index < -0.39 is 0 Å². The molecule has 0 aliphatic carbocycles. The lowest BCUT2D eigenvalue weighted by molar-refractivity contribution is 0.114. The van der Waals surface area contributed by atoms with Gasteiger partial charge in [-0.1, -0.05) is 18.2 Å². The molecular weight excluding hydrogens is 370 g/mol. The first kappa shape index (κ1) is 20.8. The lowest BCUT2D eigenvalue weighted by Gasteiger charge is -2.22. The first-order valence-corrected chi connectivity index (χ1v) is 11.1. The average Bonchev–Trinajstić information content (AvgIpc) is 3.41. The summed E-state index contributed by atoms with van der Waals surface area (Å²) in [7, 11) is 0. The Morgan fingerprint density at radius 1 is 1.29 bits per heavy atom. The molecule has 1 fully saturated rings. The molecule has 1 atom stereocenters. The van der Waals surface area contributed by atoms with Gasteiger partial charge in [-0.2, -0.15) is 0 Å². The molecule has 152 valence electrons. The minimum Gasteiger partial charge on any atom is -0.469 e. The van der Waals surface area contributed by atoms with E-state index in [1.165, 1.54) is 4.90 Å². The third-order valence-electron chi connectivity index (χ3n) is 4.74. The minimum atomic E-state index is 0.593. The zero-order chi connectivity index (χ0) is 19.4. The van der Waals surface area contributed by atoms with Crippen LogP contribution >= 0.6 is 11.8 Å². The van der Waals surface area contributed by atoms with Crippen molar-refractivity contribution < 1.29 is 9.15 Å². The quantitative estimate of drug-likeness (QED) is 0.283. The van der Waals surface area contributed by atoms with Crippen molar-refractivity contribution in [2.45, 2.75) is 24.7 Å². The fraction of sp³-hybridized carbons (Fsp3) is 0.500. The lowest BCUT2D eigenvalue weighted by atomic mass is 10.1. The molecule has 3 rings (SSSR count). The Bertz CT molecular complexity index is 691. The topological polar surface area (TPSA) is 50.0 Å². The molecule has 28 heavy (non-hydrogen) atoms. The van der Waals surface area contributed by atoms with Crippen molar-refractivity contribution >= 4 is 17.7 Å². The summed E-state index contributed by atoms with van der Waals surface area (Å²) in [5.41, 5.74) is 0. The van der Waals surface area contributed by atoms with Crippen LogP contribution in [-0.2, 0) is 11.2 Å². The highest BCUT2D eigenvalue weighted by Crippen LogP contribution is 2.18. The van der Waals surface area contributed by atoms with Crippen molar-refractivity contribution in [1.82, 2.24) is 10.2 Å². The Balaban J connectivity index is 1.50. The van der Waals surface area contributed by atoms with E-state index in [1.54, 1.807) is 6.26 Å². The van der Waals surface area contributed by atoms with Crippen LogP contribution in [0.3, 0.4) is 0 Å². The van der Waals surface area contributed by atoms with Crippen molar-refractivity contribution in [2.75, 3.05) is 45.1 Å². The molecular formula is C22H31N3O2S. The van der Waals surface area contributed by atoms with Crippen LogP contribution in [0.2, 0.25) is 0 Å². The second-order valence-electron chi connectivity index (χ2n) is 6.88. The number of benzene rings is 1. The Hall–Kier alpha value is -1.92. The second-order valence-corrected chi connectivity index (χ2v) is 8.05. The Morgan fingerprint density at radius 2 is 2.18 bits per heavy atom. The normalized spacial score (nSPS) is 17.2. The van der Waals surface area contributed by atoms with Gasteiger partial charge in [0, 0.05) is 55.8 Å². The van der Waals surface area contributed by atoms with Crippen LogP contribution in [0.15, 0.2) is 63.0 Å². The van der Waals surface area contributed by atoms with Gasteiger partial charge in [0.05, 0.1) is 12.9 Å². The summed E-state index contributed by atoms with van der Waals surface area (Å²) in [6.45, 7) is 7.36. The fourth-order valence-corrected chi connectivity index (χ4v) is 4.08. The van der Waals surface area contributed by atoms with Gasteiger partial charge in [-0.15, -0.1) is 11.8 Å². The number of ether oxygens (including phenoxy) is 1. The number of guanidine groups is 1. The molecule has 5 nitrogen and oxygen atoms in total. The smallest absolute Gasteiger partial charge is 0.193 e. The summed E-state index contributed by atoms with van der Waals surface area (Å²) in [5.74, 6) is 3.60. The van der Waals surface area contributed by atoms with E-state index in [2.05, 4.69) is 47.5 Å². The maximum absolute atomic E-state index is 5.62. The Kier molecular flexibility index (Phi) is 8.78. The number of hydrogen-bond donors (Lipinski definition) is 1. The van der Waals surface area contributed by atoms with E-state index in [0.717, 1.165) is 69.7 Å². The van der Waals surface area contributed by atoms with Gasteiger partial charge in [-0.3, -0.25) is 4.99 Å². The fourth-order valence-electron chi connectivity index (χ4n) is 3.29. The Labute approximate surface area is 172 Å². The van der Waals surface area contributed by atoms with Crippen molar-refractivity contribution in [2.24, 2.45) is 10.9 Å². The summed E-state index contributed by atoms with van der Waals surface area (Å²) in [6, 6.07) is 14.5. The third kappa shape index (κ3) is 6.91. The Morgan fingerprint density at radius 3 is 2.96 bits per heavy atom. The number of hydrogen-bond acceptors (Lipinski definition) is 4. The molecule has 1 unspecified atom stereocenters. The number of rotatable bonds is 10. The van der Waals surface area contributed by atoms with Crippen LogP contribution in [0, 0.1) is 5.92 Å². The summed E-state index contributed by atoms with van der Waals surface area (Å²) >= 11 is 1.87. The molecule has 1 N–H and O–H groups in total. The number of thioether (sulfide) groups is 1. The first-order valence-electron chi connectivity index (χ1n) is 10.2. The van der Waals surface area contributed by atoms with Gasteiger partial charge < -0.3 is 19.4 Å². The number of nitrogens with zero attached hydrogens (tertiary/aromatic N) is 2. The predicted octanol–water partition coefficient (Wildman–Crippen LogP) is 3.92. The molecule has 2 heterocycles.